The molecule has 0 aromatic carbocycles. The first kappa shape index (κ1) is 14.7. The number of nitrogens with zero attached hydrogens (tertiary/aromatic N) is 3. The van der Waals surface area contributed by atoms with Gasteiger partial charge in [-0.25, -0.2) is 0 Å². The van der Waals surface area contributed by atoms with Crippen LogP contribution < -0.4 is 10.1 Å². The molecule has 0 bridgehead atoms. The van der Waals surface area contributed by atoms with E-state index >= 15 is 0 Å². The van der Waals surface area contributed by atoms with E-state index in [0.717, 1.165) is 32.2 Å². The van der Waals surface area contributed by atoms with Crippen LogP contribution in [-0.4, -0.2) is 45.5 Å². The summed E-state index contributed by atoms with van der Waals surface area (Å²) in [5.41, 5.74) is 0. The Morgan fingerprint density at radius 1 is 1.13 bits per heavy atom. The van der Waals surface area contributed by atoms with E-state index in [1.165, 1.54) is 19.3 Å². The van der Waals surface area contributed by atoms with Gasteiger partial charge in [0.2, 0.25) is 11.8 Å². The summed E-state index contributed by atoms with van der Waals surface area (Å²) in [5.74, 6) is 1.55. The number of aromatic nitrogens is 2. The molecule has 1 aromatic heterocycles. The third-order valence-electron chi connectivity index (χ3n) is 4.95. The van der Waals surface area contributed by atoms with Crippen LogP contribution in [0.4, 0.5) is 5.82 Å². The predicted molar refractivity (Wildman–Crippen MR) is 86.3 cm³/mol. The zero-order valence-corrected chi connectivity index (χ0v) is 13.4. The van der Waals surface area contributed by atoms with Gasteiger partial charge in [0.25, 0.3) is 0 Å². The number of hydrogen-bond acceptors (Lipinski definition) is 5. The molecule has 6 heteroatoms. The fourth-order valence-corrected chi connectivity index (χ4v) is 3.60. The minimum Gasteiger partial charge on any atom is -0.473 e. The summed E-state index contributed by atoms with van der Waals surface area (Å²) in [5, 5.41) is 3.35. The van der Waals surface area contributed by atoms with Crippen LogP contribution in [-0.2, 0) is 4.79 Å². The van der Waals surface area contributed by atoms with Crippen LogP contribution in [0.15, 0.2) is 12.4 Å². The maximum Gasteiger partial charge on any atom is 0.234 e. The topological polar surface area (TPSA) is 67.3 Å². The van der Waals surface area contributed by atoms with E-state index in [0.29, 0.717) is 24.2 Å². The minimum absolute atomic E-state index is 0.127. The van der Waals surface area contributed by atoms with Gasteiger partial charge in [-0.3, -0.25) is 9.78 Å². The Hall–Kier alpha value is -1.85. The molecule has 124 valence electrons. The van der Waals surface area contributed by atoms with Crippen molar-refractivity contribution in [2.24, 2.45) is 0 Å². The normalized spacial score (nSPS) is 25.7. The second kappa shape index (κ2) is 6.34. The van der Waals surface area contributed by atoms with Crippen LogP contribution in [0.5, 0.6) is 5.88 Å². The maximum absolute atomic E-state index is 12.0. The highest BCUT2D eigenvalue weighted by Gasteiger charge is 2.39. The number of carbonyl (C=O) groups is 1. The van der Waals surface area contributed by atoms with E-state index in [1.54, 1.807) is 12.4 Å². The average molecular weight is 316 g/mol. The molecular weight excluding hydrogens is 292 g/mol. The first-order valence-corrected chi connectivity index (χ1v) is 8.82. The molecule has 3 fully saturated rings. The summed E-state index contributed by atoms with van der Waals surface area (Å²) in [6.45, 7) is 0.777. The summed E-state index contributed by atoms with van der Waals surface area (Å²) in [7, 11) is 0. The second-order valence-electron chi connectivity index (χ2n) is 6.94. The lowest BCUT2D eigenvalue weighted by molar-refractivity contribution is -0.128. The Balaban J connectivity index is 1.35. The number of hydrogen-bond donors (Lipinski definition) is 1. The molecule has 2 aliphatic carbocycles. The smallest absolute Gasteiger partial charge is 0.234 e. The van der Waals surface area contributed by atoms with Crippen molar-refractivity contribution in [1.29, 1.82) is 0 Å². The molecule has 2 saturated carbocycles. The molecule has 1 aromatic rings. The molecule has 1 amide bonds. The molecule has 0 spiro atoms. The number of nitrogens with one attached hydrogen (secondary N) is 1. The zero-order chi connectivity index (χ0) is 15.6. The van der Waals surface area contributed by atoms with Crippen molar-refractivity contribution in [3.05, 3.63) is 12.4 Å². The molecule has 1 atom stereocenters. The van der Waals surface area contributed by atoms with E-state index in [2.05, 4.69) is 15.3 Å². The third kappa shape index (κ3) is 3.57. The fraction of sp³-hybridized carbons (Fsp3) is 0.706. The van der Waals surface area contributed by atoms with Gasteiger partial charge in [-0.1, -0.05) is 6.42 Å². The Bertz CT molecular complexity index is 569. The molecule has 1 saturated heterocycles. The molecule has 23 heavy (non-hydrogen) atoms. The Morgan fingerprint density at radius 3 is 2.74 bits per heavy atom. The molecule has 1 unspecified atom stereocenters. The lowest BCUT2D eigenvalue weighted by Gasteiger charge is -2.22. The lowest BCUT2D eigenvalue weighted by atomic mass is 9.98. The SMILES string of the molecule is O=C1CC(Nc2cncc(OC3CCCCC3)n2)CN1C1CC1. The van der Waals surface area contributed by atoms with Crippen molar-refractivity contribution in [2.45, 2.75) is 69.6 Å². The molecule has 1 aliphatic heterocycles. The minimum atomic E-state index is 0.127. The van der Waals surface area contributed by atoms with Crippen LogP contribution in [0.3, 0.4) is 0 Å². The monoisotopic (exact) mass is 316 g/mol. The van der Waals surface area contributed by atoms with Crippen LogP contribution >= 0.6 is 0 Å². The summed E-state index contributed by atoms with van der Waals surface area (Å²) < 4.78 is 5.96. The predicted octanol–water partition coefficient (Wildman–Crippen LogP) is 2.36. The first-order chi connectivity index (χ1) is 11.3. The standard InChI is InChI=1S/C17H24N4O2/c22-17-8-12(11-21(17)13-6-7-13)19-15-9-18-10-16(20-15)23-14-4-2-1-3-5-14/h9-10,12-14H,1-8,11H2,(H,19,20). The Kier molecular flexibility index (Phi) is 4.06. The van der Waals surface area contributed by atoms with Crippen molar-refractivity contribution in [3.8, 4) is 5.88 Å². The largest absolute Gasteiger partial charge is 0.473 e. The van der Waals surface area contributed by atoms with Crippen molar-refractivity contribution in [1.82, 2.24) is 14.9 Å². The number of rotatable bonds is 5. The number of ether oxygens (including phenoxy) is 1. The second-order valence-corrected chi connectivity index (χ2v) is 6.94. The van der Waals surface area contributed by atoms with E-state index < -0.39 is 0 Å². The van der Waals surface area contributed by atoms with Crippen molar-refractivity contribution in [3.63, 3.8) is 0 Å². The molecule has 6 nitrogen and oxygen atoms in total. The number of likely N-dealkylation sites (tertiary alicyclic amines) is 1. The first-order valence-electron chi connectivity index (χ1n) is 8.82. The number of anilines is 1. The van der Waals surface area contributed by atoms with E-state index in [1.807, 2.05) is 4.90 Å². The van der Waals surface area contributed by atoms with Gasteiger partial charge in [0, 0.05) is 19.0 Å². The van der Waals surface area contributed by atoms with Gasteiger partial charge >= 0.3 is 0 Å². The van der Waals surface area contributed by atoms with E-state index in [9.17, 15) is 4.79 Å². The molecule has 4 rings (SSSR count). The van der Waals surface area contributed by atoms with Crippen molar-refractivity contribution >= 4 is 11.7 Å². The highest BCUT2D eigenvalue weighted by molar-refractivity contribution is 5.80. The summed E-state index contributed by atoms with van der Waals surface area (Å²) >= 11 is 0. The van der Waals surface area contributed by atoms with Gasteiger partial charge in [-0.2, -0.15) is 4.98 Å². The molecule has 2 heterocycles. The van der Waals surface area contributed by atoms with Crippen LogP contribution in [0, 0.1) is 0 Å². The fourth-order valence-electron chi connectivity index (χ4n) is 3.60. The third-order valence-corrected chi connectivity index (χ3v) is 4.95. The van der Waals surface area contributed by atoms with Gasteiger partial charge < -0.3 is 15.0 Å². The van der Waals surface area contributed by atoms with Gasteiger partial charge in [-0.05, 0) is 38.5 Å². The lowest BCUT2D eigenvalue weighted by Crippen LogP contribution is -2.30. The number of amides is 1. The van der Waals surface area contributed by atoms with E-state index in [-0.39, 0.29) is 18.1 Å². The van der Waals surface area contributed by atoms with Crippen LogP contribution in [0.2, 0.25) is 0 Å². The van der Waals surface area contributed by atoms with Crippen LogP contribution in [0.1, 0.15) is 51.4 Å². The van der Waals surface area contributed by atoms with Crippen molar-refractivity contribution in [2.75, 3.05) is 11.9 Å². The van der Waals surface area contributed by atoms with Gasteiger partial charge in [-0.15, -0.1) is 0 Å². The van der Waals surface area contributed by atoms with Gasteiger partial charge in [0.1, 0.15) is 11.9 Å². The van der Waals surface area contributed by atoms with Gasteiger partial charge in [0.05, 0.1) is 18.4 Å². The maximum atomic E-state index is 12.0. The highest BCUT2D eigenvalue weighted by Crippen LogP contribution is 2.31. The zero-order valence-electron chi connectivity index (χ0n) is 13.4. The molecule has 0 radical (unpaired) electrons. The molecule has 3 aliphatic rings. The number of carbonyl (C=O) groups excluding carboxylic acids is 1. The molecule has 1 N–H and O–H groups in total. The Morgan fingerprint density at radius 2 is 1.96 bits per heavy atom. The Labute approximate surface area is 136 Å². The quantitative estimate of drug-likeness (QED) is 0.903. The average Bonchev–Trinajstić information content (AvgIpc) is 3.33. The summed E-state index contributed by atoms with van der Waals surface area (Å²) in [6.07, 6.45) is 12.5. The molecular formula is C17H24N4O2. The van der Waals surface area contributed by atoms with Gasteiger partial charge in [0.15, 0.2) is 0 Å². The summed E-state index contributed by atoms with van der Waals surface area (Å²) in [4.78, 5) is 22.8. The van der Waals surface area contributed by atoms with Crippen molar-refractivity contribution < 1.29 is 9.53 Å². The highest BCUT2D eigenvalue weighted by atomic mass is 16.5. The van der Waals surface area contributed by atoms with E-state index in [4.69, 9.17) is 4.74 Å². The van der Waals surface area contributed by atoms with Crippen LogP contribution in [0.25, 0.3) is 0 Å². The summed E-state index contributed by atoms with van der Waals surface area (Å²) in [6, 6.07) is 0.615.